The van der Waals surface area contributed by atoms with E-state index in [2.05, 4.69) is 32.0 Å². The first-order chi connectivity index (χ1) is 17.2. The number of nitrogens with one attached hydrogen (secondary N) is 1. The van der Waals surface area contributed by atoms with E-state index in [9.17, 15) is 4.79 Å². The van der Waals surface area contributed by atoms with Gasteiger partial charge in [0.25, 0.3) is 0 Å². The molecule has 1 unspecified atom stereocenters. The molecule has 9 heteroatoms. The number of anilines is 2. The van der Waals surface area contributed by atoms with E-state index in [-0.39, 0.29) is 18.2 Å². The number of nitrogens with two attached hydrogens (primary N) is 1. The van der Waals surface area contributed by atoms with E-state index < -0.39 is 5.54 Å². The van der Waals surface area contributed by atoms with Crippen LogP contribution in [0.3, 0.4) is 0 Å². The highest BCUT2D eigenvalue weighted by atomic mass is 32.2. The molecule has 2 fully saturated rings. The maximum atomic E-state index is 12.1. The van der Waals surface area contributed by atoms with Crippen molar-refractivity contribution in [2.24, 2.45) is 5.73 Å². The zero-order chi connectivity index (χ0) is 25.0. The Morgan fingerprint density at radius 1 is 1.11 bits per heavy atom. The highest BCUT2D eigenvalue weighted by Crippen LogP contribution is 2.45. The summed E-state index contributed by atoms with van der Waals surface area (Å²) in [6.07, 6.45) is 9.07. The molecule has 3 N–H and O–H groups in total. The number of nitrogens with zero attached hydrogens (tertiary/aromatic N) is 3. The van der Waals surface area contributed by atoms with Gasteiger partial charge in [0.2, 0.25) is 5.88 Å². The summed E-state index contributed by atoms with van der Waals surface area (Å²) in [5.74, 6) is 1.53. The van der Waals surface area contributed by atoms with Crippen molar-refractivity contribution in [3.05, 3.63) is 47.4 Å². The second kappa shape index (κ2) is 8.88. The Morgan fingerprint density at radius 2 is 1.92 bits per heavy atom. The molecule has 1 aliphatic heterocycles. The Kier molecular flexibility index (Phi) is 5.80. The van der Waals surface area contributed by atoms with Crippen LogP contribution in [0.4, 0.5) is 11.6 Å². The molecule has 6 rings (SSSR count). The molecule has 3 aliphatic rings. The second-order valence-corrected chi connectivity index (χ2v) is 12.3. The molecule has 8 nitrogen and oxygen atoms in total. The maximum Gasteiger partial charge on any atom is 0.340 e. The normalized spacial score (nSPS) is 23.6. The molecule has 0 aromatic carbocycles. The lowest BCUT2D eigenvalue weighted by Crippen LogP contribution is -2.36. The largest absolute Gasteiger partial charge is 0.474 e. The Labute approximate surface area is 214 Å². The lowest BCUT2D eigenvalue weighted by molar-refractivity contribution is 0.0297. The third-order valence-corrected chi connectivity index (χ3v) is 8.53. The molecule has 3 aromatic heterocycles. The molecule has 0 bridgehead atoms. The predicted molar refractivity (Wildman–Crippen MR) is 141 cm³/mol. The molecule has 36 heavy (non-hydrogen) atoms. The zero-order valence-corrected chi connectivity index (χ0v) is 21.6. The molecule has 0 spiro atoms. The molecular weight excluding hydrogens is 474 g/mol. The maximum absolute atomic E-state index is 12.1. The fourth-order valence-electron chi connectivity index (χ4n) is 4.75. The number of fused-ring (bicyclic) bond motifs is 2. The Hall–Kier alpha value is -2.91. The first-order valence-corrected chi connectivity index (χ1v) is 13.6. The standard InChI is InChI=1S/C27H31N5O3S/c1-14-8-22-18(26(33)34-14)6-7-23(31-22)32-24-11-19-20(12-29-24)25(30-13-21(19)27(2,3)28)35-15-9-17(10-15)36-16-4-5-16/h6-7,11-17H,4-5,8-10,28H2,1-3H3,(H,29,31,32). The van der Waals surface area contributed by atoms with Gasteiger partial charge < -0.3 is 20.5 Å². The van der Waals surface area contributed by atoms with Crippen molar-refractivity contribution in [3.63, 3.8) is 0 Å². The van der Waals surface area contributed by atoms with Crippen LogP contribution in [0.2, 0.25) is 0 Å². The van der Waals surface area contributed by atoms with Gasteiger partial charge in [-0.15, -0.1) is 0 Å². The summed E-state index contributed by atoms with van der Waals surface area (Å²) < 4.78 is 11.6. The smallest absolute Gasteiger partial charge is 0.340 e. The van der Waals surface area contributed by atoms with E-state index in [1.54, 1.807) is 18.3 Å². The lowest BCUT2D eigenvalue weighted by Gasteiger charge is -2.35. The van der Waals surface area contributed by atoms with Crippen LogP contribution in [0.25, 0.3) is 10.8 Å². The summed E-state index contributed by atoms with van der Waals surface area (Å²) in [4.78, 5) is 26.0. The monoisotopic (exact) mass is 505 g/mol. The minimum absolute atomic E-state index is 0.190. The molecule has 2 aliphatic carbocycles. The minimum Gasteiger partial charge on any atom is -0.474 e. The van der Waals surface area contributed by atoms with Crippen molar-refractivity contribution in [1.29, 1.82) is 0 Å². The van der Waals surface area contributed by atoms with Crippen LogP contribution in [0, 0.1) is 0 Å². The van der Waals surface area contributed by atoms with Gasteiger partial charge in [0.05, 0.1) is 16.6 Å². The van der Waals surface area contributed by atoms with E-state index in [0.29, 0.717) is 34.7 Å². The summed E-state index contributed by atoms with van der Waals surface area (Å²) in [5.41, 5.74) is 8.07. The molecule has 0 amide bonds. The summed E-state index contributed by atoms with van der Waals surface area (Å²) in [6.45, 7) is 5.80. The number of carbonyl (C=O) groups excluding carboxylic acids is 1. The SMILES string of the molecule is CC1Cc2nc(Nc3cc4c(C(C)(C)N)cnc(OC5CC(SC6CC6)C5)c4cn3)ccc2C(=O)O1. The van der Waals surface area contributed by atoms with Crippen molar-refractivity contribution >= 4 is 40.1 Å². The van der Waals surface area contributed by atoms with Crippen molar-refractivity contribution in [2.75, 3.05) is 5.32 Å². The number of rotatable bonds is 7. The van der Waals surface area contributed by atoms with Crippen LogP contribution < -0.4 is 15.8 Å². The summed E-state index contributed by atoms with van der Waals surface area (Å²) >= 11 is 2.12. The number of aromatic nitrogens is 3. The first kappa shape index (κ1) is 23.5. The van der Waals surface area contributed by atoms with E-state index in [0.717, 1.165) is 40.1 Å². The number of thioether (sulfide) groups is 1. The molecule has 0 radical (unpaired) electrons. The summed E-state index contributed by atoms with van der Waals surface area (Å²) in [7, 11) is 0. The number of ether oxygens (including phenoxy) is 2. The van der Waals surface area contributed by atoms with Crippen molar-refractivity contribution < 1.29 is 14.3 Å². The van der Waals surface area contributed by atoms with E-state index in [1.807, 2.05) is 33.0 Å². The van der Waals surface area contributed by atoms with Crippen molar-refractivity contribution in [3.8, 4) is 5.88 Å². The molecule has 3 aromatic rings. The molecular formula is C27H31N5O3S. The summed E-state index contributed by atoms with van der Waals surface area (Å²) in [6, 6.07) is 5.49. The van der Waals surface area contributed by atoms with Gasteiger partial charge in [0.1, 0.15) is 23.8 Å². The van der Waals surface area contributed by atoms with Crippen molar-refractivity contribution in [1.82, 2.24) is 15.0 Å². The van der Waals surface area contributed by atoms with Crippen LogP contribution in [0.5, 0.6) is 5.88 Å². The number of cyclic esters (lactones) is 1. The Bertz CT molecular complexity index is 1330. The predicted octanol–water partition coefficient (Wildman–Crippen LogP) is 4.87. The fourth-order valence-corrected chi connectivity index (χ4v) is 6.35. The fraction of sp³-hybridized carbons (Fsp3) is 0.481. The van der Waals surface area contributed by atoms with Gasteiger partial charge in [-0.2, -0.15) is 11.8 Å². The van der Waals surface area contributed by atoms with Crippen LogP contribution in [0.1, 0.15) is 68.1 Å². The van der Waals surface area contributed by atoms with Crippen LogP contribution >= 0.6 is 11.8 Å². The van der Waals surface area contributed by atoms with Gasteiger partial charge in [0, 0.05) is 34.9 Å². The Morgan fingerprint density at radius 3 is 2.67 bits per heavy atom. The zero-order valence-electron chi connectivity index (χ0n) is 20.8. The van der Waals surface area contributed by atoms with Gasteiger partial charge in [-0.25, -0.2) is 19.7 Å². The molecule has 2 saturated carbocycles. The van der Waals surface area contributed by atoms with Crippen LogP contribution in [-0.4, -0.2) is 43.6 Å². The van der Waals surface area contributed by atoms with Gasteiger partial charge in [0.15, 0.2) is 0 Å². The third-order valence-electron chi connectivity index (χ3n) is 6.91. The highest BCUT2D eigenvalue weighted by molar-refractivity contribution is 8.00. The topological polar surface area (TPSA) is 112 Å². The number of hydrogen-bond donors (Lipinski definition) is 2. The quantitative estimate of drug-likeness (QED) is 0.434. The van der Waals surface area contributed by atoms with Crippen molar-refractivity contribution in [2.45, 2.75) is 81.1 Å². The van der Waals surface area contributed by atoms with Gasteiger partial charge in [-0.1, -0.05) is 0 Å². The molecule has 4 heterocycles. The number of pyridine rings is 3. The van der Waals surface area contributed by atoms with Crippen LogP contribution in [-0.2, 0) is 16.7 Å². The minimum atomic E-state index is -0.592. The number of hydrogen-bond acceptors (Lipinski definition) is 9. The van der Waals surface area contributed by atoms with Gasteiger partial charge >= 0.3 is 5.97 Å². The Balaban J connectivity index is 1.27. The van der Waals surface area contributed by atoms with Gasteiger partial charge in [-0.05, 0) is 75.6 Å². The average Bonchev–Trinajstić information content (AvgIpc) is 3.60. The first-order valence-electron chi connectivity index (χ1n) is 12.6. The number of carbonyl (C=O) groups is 1. The summed E-state index contributed by atoms with van der Waals surface area (Å²) in [5, 5.41) is 6.67. The van der Waals surface area contributed by atoms with E-state index >= 15 is 0 Å². The van der Waals surface area contributed by atoms with Gasteiger partial charge in [-0.3, -0.25) is 0 Å². The average molecular weight is 506 g/mol. The highest BCUT2D eigenvalue weighted by Gasteiger charge is 2.36. The number of esters is 1. The lowest BCUT2D eigenvalue weighted by atomic mass is 9.92. The van der Waals surface area contributed by atoms with E-state index in [4.69, 9.17) is 15.2 Å². The molecule has 0 saturated heterocycles. The molecule has 1 atom stereocenters. The molecule has 188 valence electrons. The van der Waals surface area contributed by atoms with E-state index in [1.165, 1.54) is 12.8 Å². The second-order valence-electron chi connectivity index (χ2n) is 10.7. The van der Waals surface area contributed by atoms with Crippen LogP contribution in [0.15, 0.2) is 30.6 Å². The third kappa shape index (κ3) is 4.74.